The molecule has 22 heavy (non-hydrogen) atoms. The molecule has 0 heterocycles. The molecule has 0 bridgehead atoms. The van der Waals surface area contributed by atoms with Crippen LogP contribution in [0.15, 0.2) is 42.5 Å². The highest BCUT2D eigenvalue weighted by Gasteiger charge is 2.12. The van der Waals surface area contributed by atoms with Crippen LogP contribution in [0.25, 0.3) is 0 Å². The van der Waals surface area contributed by atoms with Crippen molar-refractivity contribution < 1.29 is 9.59 Å². The van der Waals surface area contributed by atoms with Gasteiger partial charge in [0.15, 0.2) is 0 Å². The lowest BCUT2D eigenvalue weighted by atomic mass is 10.1. The number of benzene rings is 2. The molecule has 0 aliphatic rings. The van der Waals surface area contributed by atoms with Gasteiger partial charge in [-0.1, -0.05) is 41.4 Å². The number of nitrogens with one attached hydrogen (secondary N) is 2. The highest BCUT2D eigenvalue weighted by molar-refractivity contribution is 6.43. The Balaban J connectivity index is 1.99. The van der Waals surface area contributed by atoms with Gasteiger partial charge < -0.3 is 10.6 Å². The summed E-state index contributed by atoms with van der Waals surface area (Å²) in [5.41, 5.74) is 1.95. The highest BCUT2D eigenvalue weighted by atomic mass is 35.5. The molecule has 0 radical (unpaired) electrons. The molecule has 0 aliphatic carbocycles. The summed E-state index contributed by atoms with van der Waals surface area (Å²) in [6, 6.07) is 12.1. The Kier molecular flexibility index (Phi) is 5.41. The van der Waals surface area contributed by atoms with Crippen molar-refractivity contribution in [2.45, 2.75) is 13.5 Å². The average Bonchev–Trinajstić information content (AvgIpc) is 2.48. The van der Waals surface area contributed by atoms with Crippen LogP contribution in [0.2, 0.25) is 10.0 Å². The summed E-state index contributed by atoms with van der Waals surface area (Å²) in [6.45, 7) is 1.80. The fourth-order valence-corrected chi connectivity index (χ4v) is 2.25. The molecule has 0 spiro atoms. The third-order valence-electron chi connectivity index (χ3n) is 2.92. The molecule has 0 saturated carbocycles. The number of carbonyl (C=O) groups excluding carboxylic acids is 2. The molecule has 0 aliphatic heterocycles. The largest absolute Gasteiger partial charge is 0.348 e. The molecule has 114 valence electrons. The Bertz CT molecular complexity index is 700. The maximum absolute atomic E-state index is 12.1. The quantitative estimate of drug-likeness (QED) is 0.889. The van der Waals surface area contributed by atoms with Gasteiger partial charge in [-0.15, -0.1) is 0 Å². The molecule has 0 atom stereocenters. The standard InChI is InChI=1S/C16H14Cl2N2O2/c1-10(21)20-12-7-5-11(6-8-12)9-19-16(22)13-3-2-4-14(17)15(13)18/h2-8H,9H2,1H3,(H,19,22)(H,20,21). The number of amides is 2. The highest BCUT2D eigenvalue weighted by Crippen LogP contribution is 2.25. The second kappa shape index (κ2) is 7.29. The maximum Gasteiger partial charge on any atom is 0.253 e. The van der Waals surface area contributed by atoms with Gasteiger partial charge in [-0.05, 0) is 29.8 Å². The fourth-order valence-electron chi connectivity index (χ4n) is 1.87. The Morgan fingerprint density at radius 2 is 1.73 bits per heavy atom. The normalized spacial score (nSPS) is 10.1. The van der Waals surface area contributed by atoms with Gasteiger partial charge in [0.25, 0.3) is 5.91 Å². The first-order chi connectivity index (χ1) is 10.5. The van der Waals surface area contributed by atoms with Gasteiger partial charge in [0.05, 0.1) is 15.6 Å². The van der Waals surface area contributed by atoms with Crippen LogP contribution in [-0.2, 0) is 11.3 Å². The van der Waals surface area contributed by atoms with E-state index < -0.39 is 0 Å². The molecule has 2 aromatic carbocycles. The monoisotopic (exact) mass is 336 g/mol. The molecule has 0 fully saturated rings. The lowest BCUT2D eigenvalue weighted by molar-refractivity contribution is -0.114. The molecule has 2 N–H and O–H groups in total. The topological polar surface area (TPSA) is 58.2 Å². The van der Waals surface area contributed by atoms with Gasteiger partial charge in [0.1, 0.15) is 0 Å². The first-order valence-corrected chi connectivity index (χ1v) is 7.31. The van der Waals surface area contributed by atoms with Crippen LogP contribution >= 0.6 is 23.2 Å². The molecule has 6 heteroatoms. The summed E-state index contributed by atoms with van der Waals surface area (Å²) in [5, 5.41) is 6.03. The summed E-state index contributed by atoms with van der Waals surface area (Å²) in [5.74, 6) is -0.421. The lowest BCUT2D eigenvalue weighted by Gasteiger charge is -2.08. The van der Waals surface area contributed by atoms with Crippen molar-refractivity contribution in [1.82, 2.24) is 5.32 Å². The van der Waals surface area contributed by atoms with Crippen LogP contribution in [0, 0.1) is 0 Å². The summed E-state index contributed by atoms with van der Waals surface area (Å²) < 4.78 is 0. The third kappa shape index (κ3) is 4.23. The minimum absolute atomic E-state index is 0.128. The molecule has 2 aromatic rings. The zero-order valence-corrected chi connectivity index (χ0v) is 13.3. The molecular formula is C16H14Cl2N2O2. The second-order valence-electron chi connectivity index (χ2n) is 4.66. The number of hydrogen-bond acceptors (Lipinski definition) is 2. The van der Waals surface area contributed by atoms with Crippen molar-refractivity contribution >= 4 is 40.7 Å². The summed E-state index contributed by atoms with van der Waals surface area (Å²) in [6.07, 6.45) is 0. The number of hydrogen-bond donors (Lipinski definition) is 2. The van der Waals surface area contributed by atoms with Crippen LogP contribution in [-0.4, -0.2) is 11.8 Å². The van der Waals surface area contributed by atoms with Crippen molar-refractivity contribution in [2.24, 2.45) is 0 Å². The van der Waals surface area contributed by atoms with E-state index in [0.29, 0.717) is 22.8 Å². The Morgan fingerprint density at radius 3 is 2.36 bits per heavy atom. The number of halogens is 2. The molecule has 2 amide bonds. The van der Waals surface area contributed by atoms with Gasteiger partial charge in [-0.3, -0.25) is 9.59 Å². The average molecular weight is 337 g/mol. The molecular weight excluding hydrogens is 323 g/mol. The number of rotatable bonds is 4. The lowest BCUT2D eigenvalue weighted by Crippen LogP contribution is -2.23. The van der Waals surface area contributed by atoms with Crippen molar-refractivity contribution in [3.05, 3.63) is 63.6 Å². The first kappa shape index (κ1) is 16.3. The van der Waals surface area contributed by atoms with E-state index in [4.69, 9.17) is 23.2 Å². The van der Waals surface area contributed by atoms with Crippen LogP contribution in [0.4, 0.5) is 5.69 Å². The van der Waals surface area contributed by atoms with Gasteiger partial charge in [-0.2, -0.15) is 0 Å². The van der Waals surface area contributed by atoms with Gasteiger partial charge in [-0.25, -0.2) is 0 Å². The molecule has 2 rings (SSSR count). The zero-order chi connectivity index (χ0) is 16.1. The van der Waals surface area contributed by atoms with E-state index in [-0.39, 0.29) is 16.8 Å². The Morgan fingerprint density at radius 1 is 1.05 bits per heavy atom. The Labute approximate surface area is 138 Å². The zero-order valence-electron chi connectivity index (χ0n) is 11.8. The van der Waals surface area contributed by atoms with Crippen molar-refractivity contribution in [2.75, 3.05) is 5.32 Å². The van der Waals surface area contributed by atoms with E-state index in [0.717, 1.165) is 5.56 Å². The van der Waals surface area contributed by atoms with Crippen LogP contribution < -0.4 is 10.6 Å². The second-order valence-corrected chi connectivity index (χ2v) is 5.45. The van der Waals surface area contributed by atoms with Gasteiger partial charge in [0, 0.05) is 19.2 Å². The summed E-state index contributed by atoms with van der Waals surface area (Å²) in [7, 11) is 0. The van der Waals surface area contributed by atoms with Crippen molar-refractivity contribution in [3.8, 4) is 0 Å². The van der Waals surface area contributed by atoms with Crippen LogP contribution in [0.3, 0.4) is 0 Å². The molecule has 0 unspecified atom stereocenters. The van der Waals surface area contributed by atoms with E-state index in [1.54, 1.807) is 30.3 Å². The Hall–Kier alpha value is -2.04. The minimum Gasteiger partial charge on any atom is -0.348 e. The van der Waals surface area contributed by atoms with E-state index >= 15 is 0 Å². The molecule has 0 saturated heterocycles. The smallest absolute Gasteiger partial charge is 0.253 e. The van der Waals surface area contributed by atoms with Crippen LogP contribution in [0.5, 0.6) is 0 Å². The SMILES string of the molecule is CC(=O)Nc1ccc(CNC(=O)c2cccc(Cl)c2Cl)cc1. The van der Waals surface area contributed by atoms with Gasteiger partial charge in [0.2, 0.25) is 5.91 Å². The van der Waals surface area contributed by atoms with E-state index in [1.807, 2.05) is 12.1 Å². The van der Waals surface area contributed by atoms with E-state index in [1.165, 1.54) is 6.92 Å². The first-order valence-electron chi connectivity index (χ1n) is 6.56. The van der Waals surface area contributed by atoms with E-state index in [9.17, 15) is 9.59 Å². The molecule has 0 aromatic heterocycles. The number of carbonyl (C=O) groups is 2. The van der Waals surface area contributed by atoms with E-state index in [2.05, 4.69) is 10.6 Å². The van der Waals surface area contributed by atoms with Crippen LogP contribution in [0.1, 0.15) is 22.8 Å². The summed E-state index contributed by atoms with van der Waals surface area (Å²) in [4.78, 5) is 23.0. The predicted octanol–water partition coefficient (Wildman–Crippen LogP) is 3.88. The van der Waals surface area contributed by atoms with Gasteiger partial charge >= 0.3 is 0 Å². The minimum atomic E-state index is -0.293. The predicted molar refractivity (Wildman–Crippen MR) is 88.4 cm³/mol. The van der Waals surface area contributed by atoms with Crippen molar-refractivity contribution in [1.29, 1.82) is 0 Å². The summed E-state index contributed by atoms with van der Waals surface area (Å²) >= 11 is 11.9. The number of anilines is 1. The maximum atomic E-state index is 12.1. The van der Waals surface area contributed by atoms with Crippen molar-refractivity contribution in [3.63, 3.8) is 0 Å². The third-order valence-corrected chi connectivity index (χ3v) is 3.74. The fraction of sp³-hybridized carbons (Fsp3) is 0.125. The molecule has 4 nitrogen and oxygen atoms in total.